The minimum atomic E-state index is -3.50. The molecule has 0 saturated heterocycles. The highest BCUT2D eigenvalue weighted by atomic mass is 32.2. The van der Waals surface area contributed by atoms with E-state index in [9.17, 15) is 56.3 Å². The van der Waals surface area contributed by atoms with Crippen LogP contribution in [0.5, 0.6) is 0 Å². The number of rotatable bonds is 34. The molecular formula is C67H82FN13O15S. The number of pyridine rings is 2. The van der Waals surface area contributed by atoms with Crippen LogP contribution in [0, 0.1) is 35.4 Å². The number of unbranched alkanes of at least 4 members (excludes halogenated alkanes) is 2. The molecule has 7 N–H and O–H groups in total. The van der Waals surface area contributed by atoms with Gasteiger partial charge in [0.15, 0.2) is 5.60 Å². The van der Waals surface area contributed by atoms with Crippen LogP contribution >= 0.6 is 0 Å². The van der Waals surface area contributed by atoms with E-state index in [0.717, 1.165) is 22.8 Å². The number of carbonyl (C=O) groups is 7. The highest BCUT2D eigenvalue weighted by Gasteiger charge is 2.45. The Bertz CT molecular complexity index is 4130. The van der Waals surface area contributed by atoms with Crippen molar-refractivity contribution in [2.24, 2.45) is 10.8 Å². The van der Waals surface area contributed by atoms with Gasteiger partial charge >= 0.3 is 5.97 Å². The Labute approximate surface area is 560 Å². The van der Waals surface area contributed by atoms with E-state index in [4.69, 9.17) is 23.9 Å². The van der Waals surface area contributed by atoms with Gasteiger partial charge in [-0.2, -0.15) is 0 Å². The monoisotopic (exact) mass is 1360 g/mol. The van der Waals surface area contributed by atoms with Crippen molar-refractivity contribution >= 4 is 62.2 Å². The number of hydrogen-bond acceptors (Lipinski definition) is 20. The number of nitrogens with one attached hydrogen (secondary N) is 6. The predicted molar refractivity (Wildman–Crippen MR) is 349 cm³/mol. The van der Waals surface area contributed by atoms with E-state index in [-0.39, 0.29) is 93.1 Å². The molecule has 0 unspecified atom stereocenters. The zero-order chi connectivity index (χ0) is 70.1. The fourth-order valence-corrected chi connectivity index (χ4v) is 11.3. The van der Waals surface area contributed by atoms with Gasteiger partial charge in [0.05, 0.1) is 86.8 Å². The van der Waals surface area contributed by atoms with Gasteiger partial charge in [0.2, 0.25) is 50.4 Å². The Morgan fingerprint density at radius 3 is 2.28 bits per heavy atom. The Morgan fingerprint density at radius 1 is 0.835 bits per heavy atom. The van der Waals surface area contributed by atoms with Gasteiger partial charge in [-0.25, -0.2) is 32.6 Å². The first kappa shape index (κ1) is 73.4. The van der Waals surface area contributed by atoms with Crippen LogP contribution in [-0.4, -0.2) is 161 Å². The van der Waals surface area contributed by atoms with E-state index < -0.39 is 93.4 Å². The van der Waals surface area contributed by atoms with Crippen LogP contribution < -0.4 is 37.5 Å². The van der Waals surface area contributed by atoms with Gasteiger partial charge in [0.1, 0.15) is 37.5 Å². The summed E-state index contributed by atoms with van der Waals surface area (Å²) >= 11 is 0. The number of aliphatic hydroxyl groups is 1. The summed E-state index contributed by atoms with van der Waals surface area (Å²) in [4.78, 5) is 116. The van der Waals surface area contributed by atoms with Crippen LogP contribution in [-0.2, 0) is 107 Å². The van der Waals surface area contributed by atoms with Crippen LogP contribution in [0.1, 0.15) is 118 Å². The average Bonchev–Trinajstić information content (AvgIpc) is 1.60. The molecule has 2 aliphatic rings. The molecule has 6 heterocycles. The van der Waals surface area contributed by atoms with Crippen molar-refractivity contribution in [2.75, 3.05) is 65.7 Å². The Balaban J connectivity index is 0.686. The van der Waals surface area contributed by atoms with Gasteiger partial charge in [0.25, 0.3) is 5.56 Å². The number of fused-ring (bicyclic) bond motifs is 5. The number of hydrogen-bond donors (Lipinski definition) is 7. The smallest absolute Gasteiger partial charge is 0.343 e. The second kappa shape index (κ2) is 33.0. The Morgan fingerprint density at radius 2 is 1.54 bits per heavy atom. The first-order chi connectivity index (χ1) is 46.1. The molecule has 6 amide bonds. The Kier molecular flexibility index (Phi) is 25.0. The van der Waals surface area contributed by atoms with Crippen molar-refractivity contribution in [3.05, 3.63) is 128 Å². The molecule has 0 radical (unpaired) electrons. The zero-order valence-electron chi connectivity index (χ0n) is 55.4. The van der Waals surface area contributed by atoms with Crippen LogP contribution in [0.15, 0.2) is 77.1 Å². The summed E-state index contributed by atoms with van der Waals surface area (Å²) in [6.07, 6.45) is 8.33. The van der Waals surface area contributed by atoms with Gasteiger partial charge in [-0.05, 0) is 67.9 Å². The third kappa shape index (κ3) is 20.6. The maximum atomic E-state index is 15.0. The van der Waals surface area contributed by atoms with Gasteiger partial charge in [0, 0.05) is 84.5 Å². The first-order valence-corrected chi connectivity index (χ1v) is 33.6. The number of ether oxygens (including phenoxy) is 4. The molecule has 0 aliphatic carbocycles. The molecule has 518 valence electrons. The minimum Gasteiger partial charge on any atom is -0.458 e. The summed E-state index contributed by atoms with van der Waals surface area (Å²) in [6, 6.07) is 12.4. The molecule has 0 saturated carbocycles. The van der Waals surface area contributed by atoms with Crippen molar-refractivity contribution in [1.29, 1.82) is 0 Å². The lowest BCUT2D eigenvalue weighted by Crippen LogP contribution is -2.52. The summed E-state index contributed by atoms with van der Waals surface area (Å²) in [7, 11) is -3.50. The van der Waals surface area contributed by atoms with Crippen molar-refractivity contribution in [3.8, 4) is 23.2 Å². The lowest BCUT2D eigenvalue weighted by Gasteiger charge is -2.31. The SMILES string of the molecule is CC[C@@]1(O)C(=O)OCc2c1cc1n(c2=O)Cc2c-1nc1cc(F)c(C)cc1c2CCCCOCNC(=O)CNC(=O)[C@H](Cc1ccccc1)NC(=O)CNC(=O)CNC(=O)COCC(C)(C)COCC(C)(C)Cn1cc(CNC(=O)CCCC#Cc2cnc(S(C)(=O)=O)nc2)nn1. The highest BCUT2D eigenvalue weighted by Crippen LogP contribution is 2.41. The van der Waals surface area contributed by atoms with E-state index in [1.165, 1.54) is 18.5 Å². The molecule has 2 aliphatic heterocycles. The van der Waals surface area contributed by atoms with E-state index in [1.807, 2.05) is 27.7 Å². The van der Waals surface area contributed by atoms with Gasteiger partial charge in [-0.15, -0.1) is 5.10 Å². The van der Waals surface area contributed by atoms with Gasteiger partial charge in [-0.1, -0.05) is 82.0 Å². The second-order valence-electron chi connectivity index (χ2n) is 25.5. The number of halogens is 1. The van der Waals surface area contributed by atoms with Crippen molar-refractivity contribution in [2.45, 2.75) is 136 Å². The topological polar surface area (TPSA) is 374 Å². The lowest BCUT2D eigenvalue weighted by molar-refractivity contribution is -0.172. The fraction of sp³-hybridized carbons (Fsp3) is 0.478. The van der Waals surface area contributed by atoms with E-state index in [2.05, 4.69) is 64.0 Å². The standard InChI is InChI=1S/C67H82FN13O15S/c1-8-67(90)50-25-54-60-48(34-81(54)62(88)49(50)35-96-63(67)89)46(47-23-42(2)51(68)26-52(47)77-60)20-15-16-22-93-41-75-57(84)31-72-61(87)53(24-43-17-11-9-12-18-43)76-58(85)32-70-56(83)30-71-59(86)36-94-39-66(5,6)40-95-38-65(3,4)37-80-33-45(78-79-80)29-69-55(82)21-14-10-13-19-44-27-73-64(74-28-44)97(7,91)92/h9,11-12,17-18,23,25-28,33,53,90H,8,10,14-16,20-22,24,29-32,34-41H2,1-7H3,(H,69,82)(H,70,83)(H,71,86)(H,72,87)(H,75,84)(H,76,85)/t53-,67-/m0/s1. The molecular weight excluding hydrogens is 1280 g/mol. The number of esters is 1. The van der Waals surface area contributed by atoms with E-state index >= 15 is 0 Å². The second-order valence-corrected chi connectivity index (χ2v) is 27.4. The summed E-state index contributed by atoms with van der Waals surface area (Å²) < 4.78 is 63.9. The van der Waals surface area contributed by atoms with Gasteiger partial charge < -0.3 is 60.5 Å². The number of aryl methyl sites for hydroxylation is 2. The number of nitrogens with zero attached hydrogens (tertiary/aromatic N) is 7. The normalized spacial score (nSPS) is 14.4. The molecule has 8 rings (SSSR count). The summed E-state index contributed by atoms with van der Waals surface area (Å²) in [5.41, 5.74) is 2.17. The molecule has 97 heavy (non-hydrogen) atoms. The zero-order valence-corrected chi connectivity index (χ0v) is 56.2. The maximum Gasteiger partial charge on any atom is 0.343 e. The molecule has 30 heteroatoms. The van der Waals surface area contributed by atoms with Crippen LogP contribution in [0.25, 0.3) is 22.3 Å². The molecule has 28 nitrogen and oxygen atoms in total. The van der Waals surface area contributed by atoms with Gasteiger partial charge in [-0.3, -0.25) is 38.2 Å². The first-order valence-electron chi connectivity index (χ1n) is 31.7. The van der Waals surface area contributed by atoms with E-state index in [0.29, 0.717) is 91.2 Å². The molecule has 6 aromatic rings. The number of sulfone groups is 1. The summed E-state index contributed by atoms with van der Waals surface area (Å²) in [6.45, 7) is 10.8. The van der Waals surface area contributed by atoms with E-state index in [1.54, 1.807) is 71.8 Å². The quantitative estimate of drug-likeness (QED) is 0.0100. The van der Waals surface area contributed by atoms with Crippen molar-refractivity contribution in [3.63, 3.8) is 0 Å². The largest absolute Gasteiger partial charge is 0.458 e. The van der Waals surface area contributed by atoms with Crippen molar-refractivity contribution < 1.29 is 70.4 Å². The lowest BCUT2D eigenvalue weighted by atomic mass is 9.86. The molecule has 0 bridgehead atoms. The minimum absolute atomic E-state index is 0.0138. The number of benzene rings is 2. The maximum absolute atomic E-state index is 15.0. The molecule has 4 aromatic heterocycles. The number of amides is 6. The summed E-state index contributed by atoms with van der Waals surface area (Å²) in [5.74, 6) is 1.16. The highest BCUT2D eigenvalue weighted by molar-refractivity contribution is 7.90. The third-order valence-corrected chi connectivity index (χ3v) is 16.8. The van der Waals surface area contributed by atoms with Crippen molar-refractivity contribution in [1.82, 2.24) is 66.4 Å². The molecule has 2 atom stereocenters. The average molecular weight is 1360 g/mol. The summed E-state index contributed by atoms with van der Waals surface area (Å²) in [5, 5.41) is 35.6. The van der Waals surface area contributed by atoms with Crippen LogP contribution in [0.3, 0.4) is 0 Å². The molecule has 0 spiro atoms. The predicted octanol–water partition coefficient (Wildman–Crippen LogP) is 2.43. The molecule has 2 aromatic carbocycles. The van der Waals surface area contributed by atoms with Crippen LogP contribution in [0.4, 0.5) is 4.39 Å². The number of cyclic esters (lactones) is 1. The fourth-order valence-electron chi connectivity index (χ4n) is 10.8. The third-order valence-electron chi connectivity index (χ3n) is 15.9. The van der Waals surface area contributed by atoms with Crippen LogP contribution in [0.2, 0.25) is 0 Å². The number of carbonyl (C=O) groups excluding carboxylic acids is 7. The Hall–Kier alpha value is -9.41. The number of aromatic nitrogens is 7. The molecule has 0 fully saturated rings.